The molecule has 13 heteroatoms. The molecule has 1 amide bonds. The van der Waals surface area contributed by atoms with E-state index in [1.165, 1.54) is 37.5 Å². The highest BCUT2D eigenvalue weighted by Gasteiger charge is 2.41. The predicted molar refractivity (Wildman–Crippen MR) is 105 cm³/mol. The molecule has 0 unspecified atom stereocenters. The van der Waals surface area contributed by atoms with Crippen LogP contribution in [0.5, 0.6) is 0 Å². The summed E-state index contributed by atoms with van der Waals surface area (Å²) in [6, 6.07) is 6.68. The molecule has 33 heavy (non-hydrogen) atoms. The minimum Gasteiger partial charge on any atom is -0.320 e. The lowest BCUT2D eigenvalue weighted by atomic mass is 10.1. The van der Waals surface area contributed by atoms with Crippen LogP contribution in [0.3, 0.4) is 0 Å². The maximum atomic E-state index is 13.9. The highest BCUT2D eigenvalue weighted by atomic mass is 19.4. The van der Waals surface area contributed by atoms with Crippen LogP contribution in [-0.2, 0) is 6.18 Å². The third-order valence-corrected chi connectivity index (χ3v) is 4.60. The normalized spacial score (nSPS) is 11.3. The second-order valence-corrected chi connectivity index (χ2v) is 6.68. The number of hydrogen-bond donors (Lipinski definition) is 1. The van der Waals surface area contributed by atoms with Crippen molar-refractivity contribution >= 4 is 11.6 Å². The SMILES string of the molecule is Cc1c(F)cccc1-n1ncc(C(=O)Nc2cnc(-n3nccn3)c(C#N)c2)c1C(F)(F)F. The van der Waals surface area contributed by atoms with Crippen molar-refractivity contribution in [2.45, 2.75) is 13.1 Å². The minimum absolute atomic E-state index is 0.0221. The second kappa shape index (κ2) is 8.15. The summed E-state index contributed by atoms with van der Waals surface area (Å²) in [4.78, 5) is 17.8. The molecule has 4 rings (SSSR count). The Kier molecular flexibility index (Phi) is 5.34. The van der Waals surface area contributed by atoms with Crippen LogP contribution in [0.1, 0.15) is 27.2 Å². The molecule has 166 valence electrons. The van der Waals surface area contributed by atoms with Gasteiger partial charge in [0.05, 0.1) is 41.7 Å². The van der Waals surface area contributed by atoms with Gasteiger partial charge in [0, 0.05) is 5.56 Å². The van der Waals surface area contributed by atoms with Gasteiger partial charge in [-0.3, -0.25) is 4.79 Å². The largest absolute Gasteiger partial charge is 0.434 e. The number of nitriles is 1. The zero-order chi connectivity index (χ0) is 23.8. The van der Waals surface area contributed by atoms with Crippen LogP contribution in [0, 0.1) is 24.1 Å². The topological polar surface area (TPSA) is 114 Å². The Balaban J connectivity index is 1.72. The molecular formula is C20H12F4N8O. The number of rotatable bonds is 4. The molecule has 0 spiro atoms. The van der Waals surface area contributed by atoms with Gasteiger partial charge in [-0.25, -0.2) is 14.1 Å². The Labute approximate surface area is 182 Å². The Morgan fingerprint density at radius 1 is 1.15 bits per heavy atom. The van der Waals surface area contributed by atoms with E-state index in [2.05, 4.69) is 25.6 Å². The Morgan fingerprint density at radius 2 is 1.88 bits per heavy atom. The third kappa shape index (κ3) is 4.01. The molecule has 0 aliphatic rings. The zero-order valence-electron chi connectivity index (χ0n) is 16.7. The Bertz CT molecular complexity index is 1390. The van der Waals surface area contributed by atoms with Crippen LogP contribution >= 0.6 is 0 Å². The van der Waals surface area contributed by atoms with E-state index < -0.39 is 29.2 Å². The van der Waals surface area contributed by atoms with E-state index in [-0.39, 0.29) is 28.3 Å². The number of anilines is 1. The number of hydrogen-bond acceptors (Lipinski definition) is 6. The molecule has 3 heterocycles. The minimum atomic E-state index is -4.98. The summed E-state index contributed by atoms with van der Waals surface area (Å²) in [5.74, 6) is -1.78. The third-order valence-electron chi connectivity index (χ3n) is 4.60. The van der Waals surface area contributed by atoms with E-state index in [1.54, 1.807) is 0 Å². The summed E-state index contributed by atoms with van der Waals surface area (Å²) in [6.45, 7) is 1.30. The van der Waals surface area contributed by atoms with Gasteiger partial charge in [-0.15, -0.1) is 4.80 Å². The first-order chi connectivity index (χ1) is 15.7. The number of carbonyl (C=O) groups excluding carboxylic acids is 1. The van der Waals surface area contributed by atoms with Crippen molar-refractivity contribution in [3.63, 3.8) is 0 Å². The number of halogens is 4. The quantitative estimate of drug-likeness (QED) is 0.471. The first-order valence-corrected chi connectivity index (χ1v) is 9.19. The van der Waals surface area contributed by atoms with Gasteiger partial charge in [-0.1, -0.05) is 6.07 Å². The number of benzene rings is 1. The summed E-state index contributed by atoms with van der Waals surface area (Å²) in [7, 11) is 0. The van der Waals surface area contributed by atoms with Crippen molar-refractivity contribution in [2.24, 2.45) is 0 Å². The molecule has 3 aromatic heterocycles. The molecule has 0 atom stereocenters. The molecule has 1 N–H and O–H groups in total. The first-order valence-electron chi connectivity index (χ1n) is 9.19. The van der Waals surface area contributed by atoms with Gasteiger partial charge in [0.25, 0.3) is 5.91 Å². The molecule has 0 bridgehead atoms. The van der Waals surface area contributed by atoms with E-state index in [0.29, 0.717) is 4.68 Å². The lowest BCUT2D eigenvalue weighted by Crippen LogP contribution is -2.21. The number of nitrogens with zero attached hydrogens (tertiary/aromatic N) is 7. The highest BCUT2D eigenvalue weighted by molar-refractivity contribution is 6.05. The van der Waals surface area contributed by atoms with Crippen LogP contribution in [-0.4, -0.2) is 35.7 Å². The predicted octanol–water partition coefficient (Wildman–Crippen LogP) is 3.44. The average molecular weight is 456 g/mol. The van der Waals surface area contributed by atoms with Gasteiger partial charge in [0.15, 0.2) is 11.5 Å². The molecule has 4 aromatic rings. The summed E-state index contributed by atoms with van der Waals surface area (Å²) >= 11 is 0. The van der Waals surface area contributed by atoms with E-state index in [4.69, 9.17) is 0 Å². The maximum Gasteiger partial charge on any atom is 0.434 e. The number of nitrogens with one attached hydrogen (secondary N) is 1. The lowest BCUT2D eigenvalue weighted by Gasteiger charge is -2.14. The van der Waals surface area contributed by atoms with Crippen molar-refractivity contribution in [2.75, 3.05) is 5.32 Å². The first kappa shape index (κ1) is 21.6. The van der Waals surface area contributed by atoms with Crippen molar-refractivity contribution in [3.8, 4) is 17.6 Å². The van der Waals surface area contributed by atoms with E-state index in [9.17, 15) is 27.6 Å². The number of carbonyl (C=O) groups is 1. The van der Waals surface area contributed by atoms with Gasteiger partial charge in [0.2, 0.25) is 0 Å². The summed E-state index contributed by atoms with van der Waals surface area (Å²) < 4.78 is 56.0. The fourth-order valence-corrected chi connectivity index (χ4v) is 3.09. The molecule has 9 nitrogen and oxygen atoms in total. The van der Waals surface area contributed by atoms with E-state index in [0.717, 1.165) is 23.3 Å². The van der Waals surface area contributed by atoms with Crippen molar-refractivity contribution in [1.82, 2.24) is 29.8 Å². The van der Waals surface area contributed by atoms with Crippen LogP contribution < -0.4 is 5.32 Å². The van der Waals surface area contributed by atoms with Crippen molar-refractivity contribution < 1.29 is 22.4 Å². The van der Waals surface area contributed by atoms with Gasteiger partial charge in [0.1, 0.15) is 17.4 Å². The molecule has 1 aromatic carbocycles. The number of aromatic nitrogens is 6. The standard InChI is InChI=1S/C20H12F4N8O/c1-11-15(21)3-2-4-16(11)31-17(20(22,23)24)14(10-29-31)19(33)30-13-7-12(8-25)18(26-9-13)32-27-5-6-28-32/h2-7,9-10H,1H3,(H,30,33). The molecule has 0 aliphatic heterocycles. The van der Waals surface area contributed by atoms with Crippen LogP contribution in [0.25, 0.3) is 11.5 Å². The Hall–Kier alpha value is -4.60. The van der Waals surface area contributed by atoms with Gasteiger partial charge < -0.3 is 5.32 Å². The van der Waals surface area contributed by atoms with Crippen LogP contribution in [0.4, 0.5) is 23.2 Å². The van der Waals surface area contributed by atoms with Gasteiger partial charge >= 0.3 is 6.18 Å². The molecule has 0 radical (unpaired) electrons. The number of alkyl halides is 3. The summed E-state index contributed by atoms with van der Waals surface area (Å²) in [5, 5.41) is 23.0. The second-order valence-electron chi connectivity index (χ2n) is 6.68. The van der Waals surface area contributed by atoms with Gasteiger partial charge in [-0.05, 0) is 25.1 Å². The van der Waals surface area contributed by atoms with Crippen LogP contribution in [0.2, 0.25) is 0 Å². The van der Waals surface area contributed by atoms with Crippen molar-refractivity contribution in [1.29, 1.82) is 5.26 Å². The number of pyridine rings is 1. The monoisotopic (exact) mass is 456 g/mol. The molecular weight excluding hydrogens is 444 g/mol. The molecule has 0 fully saturated rings. The lowest BCUT2D eigenvalue weighted by molar-refractivity contribution is -0.143. The molecule has 0 aliphatic carbocycles. The van der Waals surface area contributed by atoms with E-state index >= 15 is 0 Å². The smallest absolute Gasteiger partial charge is 0.320 e. The molecule has 0 saturated heterocycles. The maximum absolute atomic E-state index is 13.9. The fraction of sp³-hybridized carbons (Fsp3) is 0.100. The van der Waals surface area contributed by atoms with Gasteiger partial charge in [-0.2, -0.15) is 33.7 Å². The fourth-order valence-electron chi connectivity index (χ4n) is 3.09. The average Bonchev–Trinajstić information content (AvgIpc) is 3.45. The highest BCUT2D eigenvalue weighted by Crippen LogP contribution is 2.35. The van der Waals surface area contributed by atoms with E-state index in [1.807, 2.05) is 6.07 Å². The molecule has 0 saturated carbocycles. The Morgan fingerprint density at radius 3 is 2.55 bits per heavy atom. The summed E-state index contributed by atoms with van der Waals surface area (Å²) in [6.07, 6.45) is -0.354. The summed E-state index contributed by atoms with van der Waals surface area (Å²) in [5.41, 5.74) is -2.45. The number of amides is 1. The van der Waals surface area contributed by atoms with Crippen molar-refractivity contribution in [3.05, 3.63) is 77.3 Å². The van der Waals surface area contributed by atoms with Crippen LogP contribution in [0.15, 0.2) is 49.1 Å². The zero-order valence-corrected chi connectivity index (χ0v) is 16.7.